The number of amides is 1. The second-order valence-corrected chi connectivity index (χ2v) is 12.9. The molecule has 1 aromatic heterocycles. The number of hydrogen-bond donors (Lipinski definition) is 1. The lowest BCUT2D eigenvalue weighted by Crippen LogP contribution is -2.38. The second kappa shape index (κ2) is 8.56. The van der Waals surface area contributed by atoms with Crippen molar-refractivity contribution in [3.63, 3.8) is 0 Å². The van der Waals surface area contributed by atoms with Gasteiger partial charge in [-0.25, -0.2) is 8.42 Å². The molecule has 7 nitrogen and oxygen atoms in total. The van der Waals surface area contributed by atoms with Crippen LogP contribution in [-0.4, -0.2) is 56.8 Å². The lowest BCUT2D eigenvalue weighted by Gasteiger charge is -2.39. The smallest absolute Gasteiger partial charge is 0.251 e. The SMILES string of the molecule is CN(C)[C@H](CNC(=O)c1cccc(S(=O)(=O)N2C[C@]3(C)C[C@H]2CC(C)(C)C3)c1)c1ccco1. The summed E-state index contributed by atoms with van der Waals surface area (Å²) in [4.78, 5) is 15.0. The van der Waals surface area contributed by atoms with Gasteiger partial charge in [0.05, 0.1) is 17.2 Å². The van der Waals surface area contributed by atoms with Gasteiger partial charge in [-0.05, 0) is 74.5 Å². The van der Waals surface area contributed by atoms with E-state index >= 15 is 0 Å². The van der Waals surface area contributed by atoms with Crippen LogP contribution in [0.1, 0.15) is 62.2 Å². The van der Waals surface area contributed by atoms with Crippen molar-refractivity contribution in [3.8, 4) is 0 Å². The fourth-order valence-corrected chi connectivity index (χ4v) is 7.75. The Hall–Kier alpha value is -2.16. The Balaban J connectivity index is 1.51. The molecule has 1 saturated carbocycles. The van der Waals surface area contributed by atoms with Gasteiger partial charge in [0.25, 0.3) is 5.91 Å². The minimum Gasteiger partial charge on any atom is -0.468 e. The molecule has 2 aromatic rings. The van der Waals surface area contributed by atoms with Gasteiger partial charge in [-0.1, -0.05) is 26.8 Å². The van der Waals surface area contributed by atoms with Gasteiger partial charge in [0.2, 0.25) is 10.0 Å². The predicted molar refractivity (Wildman–Crippen MR) is 127 cm³/mol. The highest BCUT2D eigenvalue weighted by Gasteiger charge is 2.53. The molecule has 2 fully saturated rings. The minimum absolute atomic E-state index is 0.00150. The number of hydrogen-bond acceptors (Lipinski definition) is 5. The van der Waals surface area contributed by atoms with Gasteiger partial charge in [-0.3, -0.25) is 9.69 Å². The van der Waals surface area contributed by atoms with E-state index in [0.29, 0.717) is 18.7 Å². The number of carbonyl (C=O) groups excluding carboxylic acids is 1. The Morgan fingerprint density at radius 2 is 1.97 bits per heavy atom. The molecular formula is C25H35N3O4S. The summed E-state index contributed by atoms with van der Waals surface area (Å²) < 4.78 is 34.4. The molecule has 0 unspecified atom stereocenters. The van der Waals surface area contributed by atoms with Crippen molar-refractivity contribution in [2.75, 3.05) is 27.2 Å². The Kier molecular flexibility index (Phi) is 6.22. The molecule has 33 heavy (non-hydrogen) atoms. The highest BCUT2D eigenvalue weighted by atomic mass is 32.2. The first-order valence-electron chi connectivity index (χ1n) is 11.5. The van der Waals surface area contributed by atoms with E-state index in [0.717, 1.165) is 25.0 Å². The summed E-state index contributed by atoms with van der Waals surface area (Å²) in [6, 6.07) is 9.96. The van der Waals surface area contributed by atoms with Crippen LogP contribution in [0.25, 0.3) is 0 Å². The van der Waals surface area contributed by atoms with Gasteiger partial charge in [0, 0.05) is 24.7 Å². The molecule has 1 aliphatic carbocycles. The zero-order valence-corrected chi connectivity index (χ0v) is 21.0. The number of rotatable bonds is 7. The summed E-state index contributed by atoms with van der Waals surface area (Å²) in [7, 11) is 0.147. The summed E-state index contributed by atoms with van der Waals surface area (Å²) in [5, 5.41) is 2.92. The summed E-state index contributed by atoms with van der Waals surface area (Å²) in [5.41, 5.74) is 0.462. The van der Waals surface area contributed by atoms with Gasteiger partial charge in [-0.15, -0.1) is 0 Å². The third kappa shape index (κ3) is 4.88. The van der Waals surface area contributed by atoms with E-state index in [1.165, 1.54) is 6.07 Å². The molecule has 3 atom stereocenters. The quantitative estimate of drug-likeness (QED) is 0.659. The Morgan fingerprint density at radius 1 is 1.21 bits per heavy atom. The van der Waals surface area contributed by atoms with Crippen LogP contribution in [-0.2, 0) is 10.0 Å². The Morgan fingerprint density at radius 3 is 2.64 bits per heavy atom. The molecule has 0 spiro atoms. The van der Waals surface area contributed by atoms with Gasteiger partial charge in [0.15, 0.2) is 0 Å². The number of nitrogens with zero attached hydrogens (tertiary/aromatic N) is 2. The van der Waals surface area contributed by atoms with E-state index in [1.54, 1.807) is 28.8 Å². The fourth-order valence-electron chi connectivity index (χ4n) is 5.93. The van der Waals surface area contributed by atoms with E-state index in [4.69, 9.17) is 4.42 Å². The van der Waals surface area contributed by atoms with Crippen molar-refractivity contribution >= 4 is 15.9 Å². The summed E-state index contributed by atoms with van der Waals surface area (Å²) in [5.74, 6) is 0.451. The average molecular weight is 474 g/mol. The van der Waals surface area contributed by atoms with Crippen molar-refractivity contribution < 1.29 is 17.6 Å². The molecule has 1 amide bonds. The normalized spacial score (nSPS) is 25.8. The fraction of sp³-hybridized carbons (Fsp3) is 0.560. The van der Waals surface area contributed by atoms with Crippen LogP contribution in [0.3, 0.4) is 0 Å². The first-order valence-corrected chi connectivity index (χ1v) is 12.9. The van der Waals surface area contributed by atoms with Crippen LogP contribution in [0.4, 0.5) is 0 Å². The van der Waals surface area contributed by atoms with Crippen molar-refractivity contribution in [3.05, 3.63) is 54.0 Å². The number of nitrogens with one attached hydrogen (secondary N) is 1. The lowest BCUT2D eigenvalue weighted by atomic mass is 9.65. The predicted octanol–water partition coefficient (Wildman–Crippen LogP) is 3.90. The molecule has 4 rings (SSSR count). The molecule has 1 aliphatic heterocycles. The average Bonchev–Trinajstić information content (AvgIpc) is 3.33. The highest BCUT2D eigenvalue weighted by Crippen LogP contribution is 2.53. The van der Waals surface area contributed by atoms with Crippen molar-refractivity contribution in [1.82, 2.24) is 14.5 Å². The maximum absolute atomic E-state index is 13.6. The van der Waals surface area contributed by atoms with Crippen molar-refractivity contribution in [1.29, 1.82) is 0 Å². The zero-order valence-electron chi connectivity index (χ0n) is 20.2. The molecule has 2 heterocycles. The second-order valence-electron chi connectivity index (χ2n) is 11.0. The molecule has 1 saturated heterocycles. The molecule has 1 aromatic carbocycles. The number of carbonyl (C=O) groups is 1. The van der Waals surface area contributed by atoms with E-state index < -0.39 is 10.0 Å². The van der Waals surface area contributed by atoms with Crippen molar-refractivity contribution in [2.45, 2.75) is 57.0 Å². The third-order valence-electron chi connectivity index (χ3n) is 7.02. The standard InChI is InChI=1S/C25H35N3O4S/c1-24(2)13-19-14-25(3,16-24)17-28(19)33(30,31)20-9-6-8-18(12-20)23(29)26-15-21(27(4)5)22-10-7-11-32-22/h6-12,19,21H,13-17H2,1-5H3,(H,26,29)/t19-,21-,25-/m1/s1. The van der Waals surface area contributed by atoms with Crippen LogP contribution in [0.15, 0.2) is 52.0 Å². The Labute approximate surface area is 197 Å². The third-order valence-corrected chi connectivity index (χ3v) is 8.91. The summed E-state index contributed by atoms with van der Waals surface area (Å²) in [6.45, 7) is 7.52. The monoisotopic (exact) mass is 473 g/mol. The van der Waals surface area contributed by atoms with Gasteiger partial charge >= 0.3 is 0 Å². The van der Waals surface area contributed by atoms with Crippen molar-refractivity contribution in [2.24, 2.45) is 10.8 Å². The topological polar surface area (TPSA) is 82.9 Å². The first kappa shape index (κ1) is 24.0. The van der Waals surface area contributed by atoms with E-state index in [-0.39, 0.29) is 33.7 Å². The van der Waals surface area contributed by atoms with E-state index in [1.807, 2.05) is 31.1 Å². The van der Waals surface area contributed by atoms with E-state index in [9.17, 15) is 13.2 Å². The molecule has 1 N–H and O–H groups in total. The number of furan rings is 1. The summed E-state index contributed by atoms with van der Waals surface area (Å²) >= 11 is 0. The first-order chi connectivity index (χ1) is 15.4. The molecule has 2 aliphatic rings. The largest absolute Gasteiger partial charge is 0.468 e. The van der Waals surface area contributed by atoms with Crippen LogP contribution in [0.5, 0.6) is 0 Å². The number of likely N-dealkylation sites (N-methyl/N-ethyl adjacent to an activating group) is 1. The Bertz CT molecular complexity index is 1110. The van der Waals surface area contributed by atoms with Crippen LogP contribution in [0.2, 0.25) is 0 Å². The maximum Gasteiger partial charge on any atom is 0.251 e. The zero-order chi connectivity index (χ0) is 24.0. The summed E-state index contributed by atoms with van der Waals surface area (Å²) in [6.07, 6.45) is 4.39. The van der Waals surface area contributed by atoms with Gasteiger partial charge in [0.1, 0.15) is 5.76 Å². The number of sulfonamides is 1. The van der Waals surface area contributed by atoms with Crippen LogP contribution < -0.4 is 5.32 Å². The molecule has 2 bridgehead atoms. The maximum atomic E-state index is 13.6. The molecular weight excluding hydrogens is 438 g/mol. The molecule has 0 radical (unpaired) electrons. The van der Waals surface area contributed by atoms with Crippen LogP contribution >= 0.6 is 0 Å². The van der Waals surface area contributed by atoms with Crippen LogP contribution in [0, 0.1) is 10.8 Å². The number of fused-ring (bicyclic) bond motifs is 2. The van der Waals surface area contributed by atoms with E-state index in [2.05, 4.69) is 26.1 Å². The highest BCUT2D eigenvalue weighted by molar-refractivity contribution is 7.89. The lowest BCUT2D eigenvalue weighted by molar-refractivity contribution is 0.0938. The number of benzene rings is 1. The minimum atomic E-state index is -3.69. The van der Waals surface area contributed by atoms with Gasteiger partial charge in [-0.2, -0.15) is 4.31 Å². The van der Waals surface area contributed by atoms with Gasteiger partial charge < -0.3 is 9.73 Å². The molecule has 180 valence electrons. The molecule has 8 heteroatoms.